The summed E-state index contributed by atoms with van der Waals surface area (Å²) in [7, 11) is 0. The molecule has 0 amide bonds. The van der Waals surface area contributed by atoms with E-state index >= 15 is 0 Å². The number of hydrogen-bond donors (Lipinski definition) is 0. The molecule has 5 rings (SSSR count). The van der Waals surface area contributed by atoms with Crippen LogP contribution in [-0.2, 0) is 14.3 Å². The van der Waals surface area contributed by atoms with Gasteiger partial charge in [0.15, 0.2) is 5.60 Å². The molecule has 0 bridgehead atoms. The molecule has 49 heavy (non-hydrogen) atoms. The fraction of sp³-hybridized carbons (Fsp3) is 0.513. The van der Waals surface area contributed by atoms with Crippen molar-refractivity contribution in [1.29, 1.82) is 0 Å². The zero-order valence-corrected chi connectivity index (χ0v) is 29.9. The number of thiophene rings is 1. The van der Waals surface area contributed by atoms with Crippen molar-refractivity contribution in [1.82, 2.24) is 9.63 Å². The van der Waals surface area contributed by atoms with Crippen LogP contribution in [0.4, 0.5) is 5.69 Å². The molecule has 1 aliphatic rings. The third kappa shape index (κ3) is 9.50. The molecule has 1 aliphatic heterocycles. The first-order chi connectivity index (χ1) is 24.0. The Morgan fingerprint density at radius 1 is 0.918 bits per heavy atom. The SMILES string of the molecule is CCCCCCCCC(CC=O)(OCC)C(=O)On1c(=O)ccc2ccc(OCCCCN3CCN(c4cccc5sccc45)CC3)cc21. The van der Waals surface area contributed by atoms with Gasteiger partial charge in [-0.3, -0.25) is 9.69 Å². The summed E-state index contributed by atoms with van der Waals surface area (Å²) in [4.78, 5) is 49.2. The summed E-state index contributed by atoms with van der Waals surface area (Å²) >= 11 is 1.79. The Morgan fingerprint density at radius 3 is 2.51 bits per heavy atom. The summed E-state index contributed by atoms with van der Waals surface area (Å²) < 4.78 is 14.4. The van der Waals surface area contributed by atoms with Crippen molar-refractivity contribution in [3.8, 4) is 5.75 Å². The normalized spacial score (nSPS) is 15.0. The maximum Gasteiger partial charge on any atom is 0.364 e. The summed E-state index contributed by atoms with van der Waals surface area (Å²) in [6, 6.07) is 17.3. The fourth-order valence-corrected chi connectivity index (χ4v) is 7.52. The first-order valence-electron chi connectivity index (χ1n) is 18.0. The summed E-state index contributed by atoms with van der Waals surface area (Å²) in [6.45, 7) is 9.88. The molecule has 2 aromatic carbocycles. The van der Waals surface area contributed by atoms with E-state index in [1.807, 2.05) is 12.1 Å². The topological polar surface area (TPSA) is 90.3 Å². The number of aromatic nitrogens is 1. The van der Waals surface area contributed by atoms with Gasteiger partial charge in [0.05, 0.1) is 12.1 Å². The Morgan fingerprint density at radius 2 is 1.71 bits per heavy atom. The Balaban J connectivity index is 1.14. The van der Waals surface area contributed by atoms with E-state index in [0.29, 0.717) is 30.6 Å². The highest BCUT2D eigenvalue weighted by Gasteiger charge is 2.41. The summed E-state index contributed by atoms with van der Waals surface area (Å²) in [5.41, 5.74) is -0.168. The highest BCUT2D eigenvalue weighted by Crippen LogP contribution is 2.31. The molecule has 0 saturated carbocycles. The van der Waals surface area contributed by atoms with E-state index in [1.54, 1.807) is 30.4 Å². The number of aldehydes is 1. The Hall–Kier alpha value is -3.73. The monoisotopic (exact) mass is 689 g/mol. The quantitative estimate of drug-likeness (QED) is 0.0708. The zero-order valence-electron chi connectivity index (χ0n) is 29.1. The van der Waals surface area contributed by atoms with Crippen molar-refractivity contribution in [2.75, 3.05) is 50.8 Å². The van der Waals surface area contributed by atoms with E-state index in [1.165, 1.54) is 28.3 Å². The highest BCUT2D eigenvalue weighted by atomic mass is 32.1. The maximum absolute atomic E-state index is 13.7. The van der Waals surface area contributed by atoms with Crippen molar-refractivity contribution in [2.24, 2.45) is 0 Å². The second kappa shape index (κ2) is 18.3. The molecule has 0 N–H and O–H groups in total. The first-order valence-corrected chi connectivity index (χ1v) is 18.9. The van der Waals surface area contributed by atoms with Crippen molar-refractivity contribution in [3.05, 3.63) is 70.3 Å². The molecular weight excluding hydrogens is 639 g/mol. The molecular formula is C39H51N3O6S. The van der Waals surface area contributed by atoms with Crippen LogP contribution < -0.4 is 20.0 Å². The van der Waals surface area contributed by atoms with Gasteiger partial charge in [0.1, 0.15) is 12.0 Å². The molecule has 1 saturated heterocycles. The van der Waals surface area contributed by atoms with Crippen LogP contribution in [0.5, 0.6) is 5.75 Å². The van der Waals surface area contributed by atoms with Crippen molar-refractivity contribution in [2.45, 2.75) is 83.7 Å². The largest absolute Gasteiger partial charge is 0.494 e. The van der Waals surface area contributed by atoms with Gasteiger partial charge in [0.25, 0.3) is 5.56 Å². The van der Waals surface area contributed by atoms with Gasteiger partial charge in [-0.1, -0.05) is 45.1 Å². The molecule has 3 heterocycles. The number of carbonyl (C=O) groups is 2. The lowest BCUT2D eigenvalue weighted by Gasteiger charge is -2.36. The van der Waals surface area contributed by atoms with E-state index in [2.05, 4.69) is 46.4 Å². The van der Waals surface area contributed by atoms with Gasteiger partial charge in [0, 0.05) is 72.5 Å². The molecule has 264 valence electrons. The molecule has 0 aliphatic carbocycles. The van der Waals surface area contributed by atoms with Crippen LogP contribution in [0.1, 0.15) is 78.1 Å². The molecule has 1 fully saturated rings. The lowest BCUT2D eigenvalue weighted by atomic mass is 9.92. The maximum atomic E-state index is 13.7. The minimum Gasteiger partial charge on any atom is -0.494 e. The fourth-order valence-electron chi connectivity index (χ4n) is 6.71. The highest BCUT2D eigenvalue weighted by molar-refractivity contribution is 7.17. The lowest BCUT2D eigenvalue weighted by molar-refractivity contribution is -0.175. The van der Waals surface area contributed by atoms with Gasteiger partial charge in [-0.05, 0) is 80.9 Å². The number of rotatable bonds is 20. The number of unbranched alkanes of at least 4 members (excludes halogenated alkanes) is 6. The van der Waals surface area contributed by atoms with Crippen LogP contribution in [-0.4, -0.2) is 73.4 Å². The number of carbonyl (C=O) groups excluding carboxylic acids is 2. The molecule has 0 spiro atoms. The first kappa shape index (κ1) is 36.5. The number of fused-ring (bicyclic) bond motifs is 2. The number of anilines is 1. The van der Waals surface area contributed by atoms with Gasteiger partial charge in [-0.15, -0.1) is 16.1 Å². The Labute approximate surface area is 293 Å². The summed E-state index contributed by atoms with van der Waals surface area (Å²) in [5, 5.41) is 4.24. The molecule has 10 heteroatoms. The van der Waals surface area contributed by atoms with Crippen LogP contribution >= 0.6 is 11.3 Å². The Kier molecular flexibility index (Phi) is 13.7. The molecule has 9 nitrogen and oxygen atoms in total. The van der Waals surface area contributed by atoms with Crippen LogP contribution in [0.25, 0.3) is 21.0 Å². The molecule has 1 atom stereocenters. The van der Waals surface area contributed by atoms with Crippen molar-refractivity contribution < 1.29 is 23.9 Å². The minimum atomic E-state index is -1.44. The third-order valence-corrected chi connectivity index (χ3v) is 10.3. The molecule has 4 aromatic rings. The number of benzene rings is 2. The number of nitrogens with zero attached hydrogens (tertiary/aromatic N) is 3. The van der Waals surface area contributed by atoms with E-state index < -0.39 is 17.1 Å². The summed E-state index contributed by atoms with van der Waals surface area (Å²) in [5.74, 6) is -0.143. The van der Waals surface area contributed by atoms with Crippen molar-refractivity contribution >= 4 is 50.3 Å². The third-order valence-electron chi connectivity index (χ3n) is 9.46. The molecule has 2 aromatic heterocycles. The summed E-state index contributed by atoms with van der Waals surface area (Å²) in [6.07, 6.45) is 8.99. The number of ether oxygens (including phenoxy) is 2. The average Bonchev–Trinajstić information content (AvgIpc) is 3.61. The Bertz CT molecular complexity index is 1710. The lowest BCUT2D eigenvalue weighted by Crippen LogP contribution is -2.48. The number of pyridine rings is 1. The van der Waals surface area contributed by atoms with Gasteiger partial charge >= 0.3 is 5.97 Å². The molecule has 0 radical (unpaired) electrons. The zero-order chi connectivity index (χ0) is 34.5. The van der Waals surface area contributed by atoms with Crippen LogP contribution in [0, 0.1) is 0 Å². The van der Waals surface area contributed by atoms with Gasteiger partial charge in [0.2, 0.25) is 0 Å². The number of piperazine rings is 1. The van der Waals surface area contributed by atoms with E-state index in [0.717, 1.165) is 87.8 Å². The standard InChI is InChI=1S/C39H51N3O6S/c1-3-5-6-7-8-9-20-39(21-27-43,47-4-2)38(45)48-42-35-30-32(17-15-31(35)16-18-37(42)44)46-28-11-10-22-40-23-25-41(26-24-40)34-13-12-14-36-33(34)19-29-49-36/h12-19,27,29-30H,3-11,20-26,28H2,1-2H3. The van der Waals surface area contributed by atoms with Crippen molar-refractivity contribution in [3.63, 3.8) is 0 Å². The van der Waals surface area contributed by atoms with Crippen LogP contribution in [0.15, 0.2) is 64.8 Å². The average molecular weight is 690 g/mol. The van der Waals surface area contributed by atoms with Gasteiger partial charge < -0.3 is 24.0 Å². The van der Waals surface area contributed by atoms with E-state index in [9.17, 15) is 14.4 Å². The second-order valence-electron chi connectivity index (χ2n) is 12.9. The van der Waals surface area contributed by atoms with Crippen LogP contribution in [0.3, 0.4) is 0 Å². The number of hydrogen-bond acceptors (Lipinski definition) is 9. The van der Waals surface area contributed by atoms with Gasteiger partial charge in [-0.2, -0.15) is 0 Å². The molecule has 1 unspecified atom stereocenters. The smallest absolute Gasteiger partial charge is 0.364 e. The van der Waals surface area contributed by atoms with Crippen LogP contribution in [0.2, 0.25) is 0 Å². The second-order valence-corrected chi connectivity index (χ2v) is 13.8. The predicted octanol–water partition coefficient (Wildman–Crippen LogP) is 7.27. The minimum absolute atomic E-state index is 0.135. The van der Waals surface area contributed by atoms with Gasteiger partial charge in [-0.25, -0.2) is 4.79 Å². The van der Waals surface area contributed by atoms with E-state index in [-0.39, 0.29) is 13.0 Å². The predicted molar refractivity (Wildman–Crippen MR) is 198 cm³/mol. The van der Waals surface area contributed by atoms with E-state index in [4.69, 9.17) is 14.3 Å².